The highest BCUT2D eigenvalue weighted by Gasteiger charge is 2.17. The SMILES string of the molecule is COc1c(C(=O)O)ccc2[nH]nc(/C=C/c3ccncc3)c12. The summed E-state index contributed by atoms with van der Waals surface area (Å²) in [5, 5.41) is 17.0. The fraction of sp³-hybridized carbons (Fsp3) is 0.0625. The van der Waals surface area contributed by atoms with E-state index in [0.717, 1.165) is 11.1 Å². The number of carbonyl (C=O) groups is 1. The second-order valence-corrected chi connectivity index (χ2v) is 4.60. The van der Waals surface area contributed by atoms with Crippen molar-refractivity contribution < 1.29 is 14.6 Å². The van der Waals surface area contributed by atoms with Gasteiger partial charge in [0.1, 0.15) is 11.3 Å². The molecule has 0 aliphatic rings. The molecule has 3 rings (SSSR count). The molecule has 0 atom stereocenters. The first-order valence-electron chi connectivity index (χ1n) is 6.57. The first-order chi connectivity index (χ1) is 10.7. The van der Waals surface area contributed by atoms with E-state index >= 15 is 0 Å². The van der Waals surface area contributed by atoms with Crippen LogP contribution in [0.25, 0.3) is 23.1 Å². The maximum absolute atomic E-state index is 11.3. The summed E-state index contributed by atoms with van der Waals surface area (Å²) in [6, 6.07) is 6.91. The number of fused-ring (bicyclic) bond motifs is 1. The number of hydrogen-bond donors (Lipinski definition) is 2. The van der Waals surface area contributed by atoms with E-state index in [-0.39, 0.29) is 5.56 Å². The average Bonchev–Trinajstić information content (AvgIpc) is 2.96. The molecule has 0 saturated heterocycles. The standard InChI is InChI=1S/C16H13N3O3/c1-22-15-11(16(20)21)3-5-13-14(15)12(18-19-13)4-2-10-6-8-17-9-7-10/h2-9H,1H3,(H,18,19)(H,20,21)/b4-2+. The van der Waals surface area contributed by atoms with Gasteiger partial charge in [-0.2, -0.15) is 5.10 Å². The predicted octanol–water partition coefficient (Wildman–Crippen LogP) is 2.84. The van der Waals surface area contributed by atoms with Crippen LogP contribution in [0, 0.1) is 0 Å². The number of nitrogens with one attached hydrogen (secondary N) is 1. The Balaban J connectivity index is 2.12. The van der Waals surface area contributed by atoms with Gasteiger partial charge in [-0.15, -0.1) is 0 Å². The molecule has 0 saturated carbocycles. The van der Waals surface area contributed by atoms with Crippen LogP contribution in [0.15, 0.2) is 36.7 Å². The minimum atomic E-state index is -1.04. The minimum Gasteiger partial charge on any atom is -0.495 e. The van der Waals surface area contributed by atoms with Crippen molar-refractivity contribution in [2.45, 2.75) is 0 Å². The number of carboxylic acids is 1. The predicted molar refractivity (Wildman–Crippen MR) is 82.8 cm³/mol. The Labute approximate surface area is 126 Å². The smallest absolute Gasteiger partial charge is 0.339 e. The fourth-order valence-corrected chi connectivity index (χ4v) is 2.26. The lowest BCUT2D eigenvalue weighted by atomic mass is 10.1. The molecule has 0 fully saturated rings. The van der Waals surface area contributed by atoms with Gasteiger partial charge in [0.25, 0.3) is 0 Å². The molecule has 110 valence electrons. The Kier molecular flexibility index (Phi) is 3.57. The van der Waals surface area contributed by atoms with Gasteiger partial charge < -0.3 is 9.84 Å². The molecule has 0 aliphatic carbocycles. The van der Waals surface area contributed by atoms with Crippen molar-refractivity contribution in [1.29, 1.82) is 0 Å². The van der Waals surface area contributed by atoms with Crippen LogP contribution in [-0.2, 0) is 0 Å². The van der Waals surface area contributed by atoms with Crippen LogP contribution < -0.4 is 4.74 Å². The van der Waals surface area contributed by atoms with Crippen LogP contribution in [-0.4, -0.2) is 33.4 Å². The Morgan fingerprint density at radius 3 is 2.68 bits per heavy atom. The zero-order valence-corrected chi connectivity index (χ0v) is 11.8. The van der Waals surface area contributed by atoms with E-state index < -0.39 is 5.97 Å². The molecular formula is C16H13N3O3. The summed E-state index contributed by atoms with van der Waals surface area (Å²) < 4.78 is 5.29. The van der Waals surface area contributed by atoms with Gasteiger partial charge in [0.2, 0.25) is 0 Å². The van der Waals surface area contributed by atoms with Gasteiger partial charge in [-0.3, -0.25) is 10.1 Å². The highest BCUT2D eigenvalue weighted by molar-refractivity contribution is 6.02. The topological polar surface area (TPSA) is 88.1 Å². The molecule has 0 aliphatic heterocycles. The highest BCUT2D eigenvalue weighted by Crippen LogP contribution is 2.32. The van der Waals surface area contributed by atoms with Gasteiger partial charge in [0.05, 0.1) is 23.7 Å². The summed E-state index contributed by atoms with van der Waals surface area (Å²) >= 11 is 0. The third-order valence-electron chi connectivity index (χ3n) is 3.28. The number of H-pyrrole nitrogens is 1. The van der Waals surface area contributed by atoms with Gasteiger partial charge in [-0.1, -0.05) is 6.08 Å². The van der Waals surface area contributed by atoms with E-state index in [1.54, 1.807) is 18.5 Å². The van der Waals surface area contributed by atoms with Crippen molar-refractivity contribution >= 4 is 29.0 Å². The average molecular weight is 295 g/mol. The van der Waals surface area contributed by atoms with Gasteiger partial charge >= 0.3 is 5.97 Å². The number of aromatic amines is 1. The molecule has 0 spiro atoms. The number of ether oxygens (including phenoxy) is 1. The van der Waals surface area contributed by atoms with Gasteiger partial charge in [0.15, 0.2) is 0 Å². The van der Waals surface area contributed by atoms with Gasteiger partial charge in [-0.25, -0.2) is 4.79 Å². The molecule has 6 nitrogen and oxygen atoms in total. The second-order valence-electron chi connectivity index (χ2n) is 4.60. The maximum Gasteiger partial charge on any atom is 0.339 e. The van der Waals surface area contributed by atoms with Crippen molar-refractivity contribution in [3.05, 3.63) is 53.5 Å². The van der Waals surface area contributed by atoms with Crippen molar-refractivity contribution in [2.75, 3.05) is 7.11 Å². The zero-order chi connectivity index (χ0) is 15.5. The van der Waals surface area contributed by atoms with E-state index in [0.29, 0.717) is 16.8 Å². The summed E-state index contributed by atoms with van der Waals surface area (Å²) in [4.78, 5) is 15.3. The molecule has 2 heterocycles. The van der Waals surface area contributed by atoms with Gasteiger partial charge in [0, 0.05) is 12.4 Å². The Bertz CT molecular complexity index is 854. The van der Waals surface area contributed by atoms with E-state index in [1.165, 1.54) is 13.2 Å². The van der Waals surface area contributed by atoms with Crippen molar-refractivity contribution in [3.63, 3.8) is 0 Å². The van der Waals surface area contributed by atoms with E-state index in [9.17, 15) is 9.90 Å². The number of aromatic nitrogens is 3. The zero-order valence-electron chi connectivity index (χ0n) is 11.8. The van der Waals surface area contributed by atoms with Crippen LogP contribution in [0.3, 0.4) is 0 Å². The summed E-state index contributed by atoms with van der Waals surface area (Å²) in [5.41, 5.74) is 2.41. The fourth-order valence-electron chi connectivity index (χ4n) is 2.26. The van der Waals surface area contributed by atoms with Crippen molar-refractivity contribution in [1.82, 2.24) is 15.2 Å². The quantitative estimate of drug-likeness (QED) is 0.772. The van der Waals surface area contributed by atoms with E-state index in [4.69, 9.17) is 4.74 Å². The Morgan fingerprint density at radius 2 is 2.00 bits per heavy atom. The number of pyridine rings is 1. The first-order valence-corrected chi connectivity index (χ1v) is 6.57. The van der Waals surface area contributed by atoms with E-state index in [1.807, 2.05) is 24.3 Å². The molecule has 2 aromatic heterocycles. The Hall–Kier alpha value is -3.15. The van der Waals surface area contributed by atoms with Crippen molar-refractivity contribution in [2.24, 2.45) is 0 Å². The summed E-state index contributed by atoms with van der Waals surface area (Å²) in [5.74, 6) is -0.739. The monoisotopic (exact) mass is 295 g/mol. The van der Waals surface area contributed by atoms with Crippen molar-refractivity contribution in [3.8, 4) is 5.75 Å². The number of aromatic carboxylic acids is 1. The van der Waals surface area contributed by atoms with Gasteiger partial charge in [-0.05, 0) is 35.9 Å². The van der Waals surface area contributed by atoms with Crippen LogP contribution in [0.2, 0.25) is 0 Å². The normalized spacial score (nSPS) is 11.1. The van der Waals surface area contributed by atoms with Crippen LogP contribution >= 0.6 is 0 Å². The van der Waals surface area contributed by atoms with Crippen LogP contribution in [0.4, 0.5) is 0 Å². The third-order valence-corrected chi connectivity index (χ3v) is 3.28. The lowest BCUT2D eigenvalue weighted by molar-refractivity contribution is 0.0693. The minimum absolute atomic E-state index is 0.106. The lowest BCUT2D eigenvalue weighted by Gasteiger charge is -2.06. The molecule has 3 aromatic rings. The number of rotatable bonds is 4. The first kappa shape index (κ1) is 13.8. The summed E-state index contributed by atoms with van der Waals surface area (Å²) in [6.45, 7) is 0. The molecule has 0 amide bonds. The third kappa shape index (κ3) is 2.42. The molecule has 6 heteroatoms. The van der Waals surface area contributed by atoms with Crippen LogP contribution in [0.1, 0.15) is 21.6 Å². The number of carboxylic acid groups (broad SMARTS) is 1. The van der Waals surface area contributed by atoms with Crippen LogP contribution in [0.5, 0.6) is 5.75 Å². The number of hydrogen-bond acceptors (Lipinski definition) is 4. The molecule has 2 N–H and O–H groups in total. The molecule has 0 radical (unpaired) electrons. The second kappa shape index (κ2) is 5.69. The highest BCUT2D eigenvalue weighted by atomic mass is 16.5. The largest absolute Gasteiger partial charge is 0.495 e. The lowest BCUT2D eigenvalue weighted by Crippen LogP contribution is -2.00. The Morgan fingerprint density at radius 1 is 1.23 bits per heavy atom. The summed E-state index contributed by atoms with van der Waals surface area (Å²) in [6.07, 6.45) is 7.09. The number of benzene rings is 1. The number of nitrogens with zero attached hydrogens (tertiary/aromatic N) is 2. The van der Waals surface area contributed by atoms with E-state index in [2.05, 4.69) is 15.2 Å². The maximum atomic E-state index is 11.3. The summed E-state index contributed by atoms with van der Waals surface area (Å²) in [7, 11) is 1.45. The molecular weight excluding hydrogens is 282 g/mol. The molecule has 0 bridgehead atoms. The molecule has 0 unspecified atom stereocenters. The molecule has 22 heavy (non-hydrogen) atoms. The molecule has 1 aromatic carbocycles. The number of methoxy groups -OCH3 is 1.